The molecular weight excluding hydrogens is 464 g/mol. The molecule has 1 aromatic heterocycles. The van der Waals surface area contributed by atoms with E-state index < -0.39 is 10.0 Å². The third-order valence-corrected chi connectivity index (χ3v) is 7.72. The van der Waals surface area contributed by atoms with Gasteiger partial charge in [0.1, 0.15) is 0 Å². The molecule has 174 valence electrons. The number of nitrogens with zero attached hydrogens (tertiary/aromatic N) is 3. The lowest BCUT2D eigenvalue weighted by Crippen LogP contribution is -2.35. The summed E-state index contributed by atoms with van der Waals surface area (Å²) in [6.45, 7) is 2.88. The van der Waals surface area contributed by atoms with Crippen LogP contribution >= 0.6 is 11.6 Å². The Labute approximate surface area is 198 Å². The number of sulfonamides is 1. The summed E-state index contributed by atoms with van der Waals surface area (Å²) in [5, 5.41) is 7.37. The maximum atomic E-state index is 13.0. The molecule has 1 amide bonds. The summed E-state index contributed by atoms with van der Waals surface area (Å²) in [7, 11) is -3.58. The number of hydrogen-bond acceptors (Lipinski definition) is 6. The van der Waals surface area contributed by atoms with Gasteiger partial charge in [0.25, 0.3) is 0 Å². The lowest BCUT2D eigenvalue weighted by Gasteiger charge is -2.26. The van der Waals surface area contributed by atoms with Gasteiger partial charge in [-0.3, -0.25) is 4.79 Å². The standard InChI is InChI=1S/C23H25ClN4O4S/c1-16-5-10-19(33(30,31)28-13-3-2-4-14-28)15-20(16)25-21(29)11-12-22-26-23(27-32-22)17-6-8-18(24)9-7-17/h5-10,15H,2-4,11-14H2,1H3,(H,25,29). The fourth-order valence-corrected chi connectivity index (χ4v) is 5.33. The summed E-state index contributed by atoms with van der Waals surface area (Å²) in [6, 6.07) is 11.9. The molecular formula is C23H25ClN4O4S. The quantitative estimate of drug-likeness (QED) is 0.527. The molecule has 0 bridgehead atoms. The molecule has 1 fully saturated rings. The lowest BCUT2D eigenvalue weighted by molar-refractivity contribution is -0.116. The van der Waals surface area contributed by atoms with Crippen LogP contribution in [-0.4, -0.2) is 41.9 Å². The van der Waals surface area contributed by atoms with Gasteiger partial charge >= 0.3 is 0 Å². The first-order valence-electron chi connectivity index (χ1n) is 10.8. The average Bonchev–Trinajstić information content (AvgIpc) is 3.29. The lowest BCUT2D eigenvalue weighted by atomic mass is 10.2. The normalized spacial score (nSPS) is 14.8. The summed E-state index contributed by atoms with van der Waals surface area (Å²) in [5.41, 5.74) is 2.02. The number of amides is 1. The number of anilines is 1. The molecule has 3 aromatic rings. The van der Waals surface area contributed by atoms with Gasteiger partial charge in [0.2, 0.25) is 27.6 Å². The van der Waals surface area contributed by atoms with Crippen molar-refractivity contribution in [1.29, 1.82) is 0 Å². The topological polar surface area (TPSA) is 105 Å². The van der Waals surface area contributed by atoms with Crippen LogP contribution in [0.1, 0.15) is 37.1 Å². The molecule has 33 heavy (non-hydrogen) atoms. The molecule has 0 saturated carbocycles. The Balaban J connectivity index is 1.39. The van der Waals surface area contributed by atoms with Crippen LogP contribution in [0.25, 0.3) is 11.4 Å². The molecule has 1 aliphatic rings. The number of aryl methyl sites for hydroxylation is 2. The van der Waals surface area contributed by atoms with Crippen LogP contribution in [-0.2, 0) is 21.2 Å². The Kier molecular flexibility index (Phi) is 7.11. The van der Waals surface area contributed by atoms with Gasteiger partial charge in [-0.15, -0.1) is 0 Å². The van der Waals surface area contributed by atoms with Gasteiger partial charge in [-0.2, -0.15) is 9.29 Å². The van der Waals surface area contributed by atoms with Crippen molar-refractivity contribution in [1.82, 2.24) is 14.4 Å². The molecule has 2 heterocycles. The van der Waals surface area contributed by atoms with Crippen LogP contribution in [0.4, 0.5) is 5.69 Å². The van der Waals surface area contributed by atoms with Crippen LogP contribution in [0, 0.1) is 6.92 Å². The predicted octanol–water partition coefficient (Wildman–Crippen LogP) is 4.44. The highest BCUT2D eigenvalue weighted by Gasteiger charge is 2.26. The number of aromatic nitrogens is 2. The Morgan fingerprint density at radius 1 is 1.12 bits per heavy atom. The number of rotatable bonds is 7. The van der Waals surface area contributed by atoms with E-state index in [0.717, 1.165) is 30.4 Å². The summed E-state index contributed by atoms with van der Waals surface area (Å²) >= 11 is 5.90. The predicted molar refractivity (Wildman–Crippen MR) is 125 cm³/mol. The second-order valence-electron chi connectivity index (χ2n) is 8.01. The van der Waals surface area contributed by atoms with Crippen molar-refractivity contribution in [2.24, 2.45) is 0 Å². The first kappa shape index (κ1) is 23.4. The number of halogens is 1. The Morgan fingerprint density at radius 3 is 2.58 bits per heavy atom. The first-order valence-corrected chi connectivity index (χ1v) is 12.6. The molecule has 2 aromatic carbocycles. The number of benzene rings is 2. The summed E-state index contributed by atoms with van der Waals surface area (Å²) in [4.78, 5) is 17.0. The van der Waals surface area contributed by atoms with Crippen LogP contribution in [0.3, 0.4) is 0 Å². The van der Waals surface area contributed by atoms with Gasteiger partial charge in [0.15, 0.2) is 0 Å². The van der Waals surface area contributed by atoms with Gasteiger partial charge < -0.3 is 9.84 Å². The number of nitrogens with one attached hydrogen (secondary N) is 1. The molecule has 0 aliphatic carbocycles. The Morgan fingerprint density at radius 2 is 1.85 bits per heavy atom. The largest absolute Gasteiger partial charge is 0.339 e. The zero-order chi connectivity index (χ0) is 23.4. The zero-order valence-corrected chi connectivity index (χ0v) is 19.8. The highest BCUT2D eigenvalue weighted by molar-refractivity contribution is 7.89. The van der Waals surface area contributed by atoms with E-state index in [1.165, 1.54) is 10.4 Å². The molecule has 1 N–H and O–H groups in total. The second kappa shape index (κ2) is 10.0. The summed E-state index contributed by atoms with van der Waals surface area (Å²) < 4.78 is 32.7. The van der Waals surface area contributed by atoms with Gasteiger partial charge in [0.05, 0.1) is 4.90 Å². The number of piperidine rings is 1. The number of hydrogen-bond donors (Lipinski definition) is 1. The second-order valence-corrected chi connectivity index (χ2v) is 10.4. The molecule has 1 saturated heterocycles. The third-order valence-electron chi connectivity index (χ3n) is 5.57. The van der Waals surface area contributed by atoms with E-state index in [4.69, 9.17) is 16.1 Å². The minimum Gasteiger partial charge on any atom is -0.339 e. The van der Waals surface area contributed by atoms with E-state index in [1.807, 2.05) is 6.92 Å². The monoisotopic (exact) mass is 488 g/mol. The number of carbonyl (C=O) groups excluding carboxylic acids is 1. The molecule has 10 heteroatoms. The number of carbonyl (C=O) groups is 1. The minimum absolute atomic E-state index is 0.116. The van der Waals surface area contributed by atoms with Crippen LogP contribution in [0.2, 0.25) is 5.02 Å². The average molecular weight is 489 g/mol. The van der Waals surface area contributed by atoms with E-state index >= 15 is 0 Å². The van der Waals surface area contributed by atoms with E-state index in [0.29, 0.717) is 35.5 Å². The first-order chi connectivity index (χ1) is 15.8. The van der Waals surface area contributed by atoms with Gasteiger partial charge in [-0.05, 0) is 61.7 Å². The molecule has 0 radical (unpaired) electrons. The summed E-state index contributed by atoms with van der Waals surface area (Å²) in [5.74, 6) is 0.499. The van der Waals surface area contributed by atoms with Crippen LogP contribution < -0.4 is 5.32 Å². The Hall–Kier alpha value is -2.75. The van der Waals surface area contributed by atoms with Crippen molar-refractivity contribution in [3.8, 4) is 11.4 Å². The molecule has 0 unspecified atom stereocenters. The minimum atomic E-state index is -3.58. The van der Waals surface area contributed by atoms with Crippen molar-refractivity contribution < 1.29 is 17.7 Å². The maximum absolute atomic E-state index is 13.0. The Bertz CT molecular complexity index is 1240. The van der Waals surface area contributed by atoms with E-state index in [9.17, 15) is 13.2 Å². The van der Waals surface area contributed by atoms with Gasteiger partial charge in [-0.25, -0.2) is 8.42 Å². The highest BCUT2D eigenvalue weighted by atomic mass is 35.5. The molecule has 0 spiro atoms. The van der Waals surface area contributed by atoms with Crippen molar-refractivity contribution in [3.05, 3.63) is 58.9 Å². The molecule has 0 atom stereocenters. The third kappa shape index (κ3) is 5.61. The van der Waals surface area contributed by atoms with Crippen LogP contribution in [0.15, 0.2) is 51.9 Å². The smallest absolute Gasteiger partial charge is 0.243 e. The van der Waals surface area contributed by atoms with Crippen molar-refractivity contribution >= 4 is 33.2 Å². The van der Waals surface area contributed by atoms with Crippen molar-refractivity contribution in [3.63, 3.8) is 0 Å². The fourth-order valence-electron chi connectivity index (χ4n) is 3.66. The van der Waals surface area contributed by atoms with Crippen LogP contribution in [0.5, 0.6) is 0 Å². The van der Waals surface area contributed by atoms with E-state index in [1.54, 1.807) is 36.4 Å². The SMILES string of the molecule is Cc1ccc(S(=O)(=O)N2CCCCC2)cc1NC(=O)CCc1nc(-c2ccc(Cl)cc2)no1. The van der Waals surface area contributed by atoms with E-state index in [-0.39, 0.29) is 23.6 Å². The molecule has 8 nitrogen and oxygen atoms in total. The van der Waals surface area contributed by atoms with E-state index in [2.05, 4.69) is 15.5 Å². The maximum Gasteiger partial charge on any atom is 0.243 e. The van der Waals surface area contributed by atoms with Crippen molar-refractivity contribution in [2.45, 2.75) is 43.9 Å². The fraction of sp³-hybridized carbons (Fsp3) is 0.348. The summed E-state index contributed by atoms with van der Waals surface area (Å²) in [6.07, 6.45) is 3.15. The highest BCUT2D eigenvalue weighted by Crippen LogP contribution is 2.25. The molecule has 4 rings (SSSR count). The van der Waals surface area contributed by atoms with Crippen molar-refractivity contribution in [2.75, 3.05) is 18.4 Å². The molecule has 1 aliphatic heterocycles. The van der Waals surface area contributed by atoms with Gasteiger partial charge in [-0.1, -0.05) is 29.2 Å². The zero-order valence-electron chi connectivity index (χ0n) is 18.3. The van der Waals surface area contributed by atoms with Gasteiger partial charge in [0, 0.05) is 42.2 Å².